The minimum Gasteiger partial charge on any atom is -0.383 e. The number of hydrogen-bond acceptors (Lipinski definition) is 5. The van der Waals surface area contributed by atoms with E-state index in [1.165, 1.54) is 0 Å². The molecule has 0 amide bonds. The highest BCUT2D eigenvalue weighted by Gasteiger charge is 2.22. The van der Waals surface area contributed by atoms with Gasteiger partial charge in [0.15, 0.2) is 14.9 Å². The van der Waals surface area contributed by atoms with Crippen LogP contribution in [0.5, 0.6) is 0 Å². The Labute approximate surface area is 130 Å². The second kappa shape index (κ2) is 5.58. The Balaban J connectivity index is 2.77. The molecule has 1 aromatic carbocycles. The molecule has 0 fully saturated rings. The SMILES string of the molecule is CC(C)(C)CNc1c(C#N)c(S(C)(=O)=O)nc2ccccc12. The van der Waals surface area contributed by atoms with Crippen molar-refractivity contribution in [2.75, 3.05) is 18.1 Å². The van der Waals surface area contributed by atoms with Crippen molar-refractivity contribution in [3.8, 4) is 6.07 Å². The molecule has 0 spiro atoms. The molecule has 2 aromatic rings. The van der Waals surface area contributed by atoms with Crippen molar-refractivity contribution in [1.29, 1.82) is 5.26 Å². The largest absolute Gasteiger partial charge is 0.383 e. The molecule has 0 saturated heterocycles. The van der Waals surface area contributed by atoms with E-state index in [4.69, 9.17) is 0 Å². The van der Waals surface area contributed by atoms with Crippen LogP contribution in [0.3, 0.4) is 0 Å². The molecule has 0 atom stereocenters. The van der Waals surface area contributed by atoms with Gasteiger partial charge in [-0.3, -0.25) is 0 Å². The number of sulfone groups is 1. The lowest BCUT2D eigenvalue weighted by atomic mass is 9.96. The molecule has 2 rings (SSSR count). The molecule has 0 aliphatic heterocycles. The fourth-order valence-electron chi connectivity index (χ4n) is 2.10. The molecule has 6 heteroatoms. The Morgan fingerprint density at radius 1 is 1.27 bits per heavy atom. The van der Waals surface area contributed by atoms with E-state index in [-0.39, 0.29) is 16.0 Å². The number of benzene rings is 1. The predicted molar refractivity (Wildman–Crippen MR) is 87.5 cm³/mol. The number of nitrogens with one attached hydrogen (secondary N) is 1. The zero-order valence-corrected chi connectivity index (χ0v) is 14.0. The molecular weight excluding hydrogens is 298 g/mol. The number of rotatable bonds is 3. The highest BCUT2D eigenvalue weighted by molar-refractivity contribution is 7.90. The number of anilines is 1. The first kappa shape index (κ1) is 16.2. The third kappa shape index (κ3) is 3.37. The molecule has 0 aliphatic rings. The third-order valence-electron chi connectivity index (χ3n) is 3.12. The standard InChI is InChI=1S/C16H19N3O2S/c1-16(2,3)10-18-14-11-7-5-6-8-13(11)19-15(12(14)9-17)22(4,20)21/h5-8H,10H2,1-4H3,(H,18,19). The number of nitrogens with zero attached hydrogens (tertiary/aromatic N) is 2. The highest BCUT2D eigenvalue weighted by Crippen LogP contribution is 2.31. The minimum atomic E-state index is -3.59. The Kier molecular flexibility index (Phi) is 4.12. The first-order chi connectivity index (χ1) is 10.1. The van der Waals surface area contributed by atoms with Crippen LogP contribution in [0.1, 0.15) is 26.3 Å². The van der Waals surface area contributed by atoms with Crippen LogP contribution in [0.2, 0.25) is 0 Å². The summed E-state index contributed by atoms with van der Waals surface area (Å²) in [7, 11) is -3.59. The Hall–Kier alpha value is -2.13. The van der Waals surface area contributed by atoms with Crippen LogP contribution in [0.25, 0.3) is 10.9 Å². The average molecular weight is 317 g/mol. The van der Waals surface area contributed by atoms with E-state index in [1.54, 1.807) is 12.1 Å². The molecule has 0 unspecified atom stereocenters. The third-order valence-corrected chi connectivity index (χ3v) is 4.12. The second-order valence-corrected chi connectivity index (χ2v) is 8.41. The molecule has 0 radical (unpaired) electrons. The van der Waals surface area contributed by atoms with Crippen molar-refractivity contribution in [3.63, 3.8) is 0 Å². The molecule has 1 N–H and O–H groups in total. The quantitative estimate of drug-likeness (QED) is 0.941. The Bertz CT molecular complexity index is 859. The predicted octanol–water partition coefficient (Wildman–Crippen LogP) is 2.97. The number of aromatic nitrogens is 1. The molecule has 0 saturated carbocycles. The maximum atomic E-state index is 12.0. The Morgan fingerprint density at radius 3 is 2.45 bits per heavy atom. The lowest BCUT2D eigenvalue weighted by Gasteiger charge is -2.21. The maximum absolute atomic E-state index is 12.0. The van der Waals surface area contributed by atoms with Crippen LogP contribution in [0, 0.1) is 16.7 Å². The molecule has 22 heavy (non-hydrogen) atoms. The monoisotopic (exact) mass is 317 g/mol. The van der Waals surface area contributed by atoms with Gasteiger partial charge in [-0.1, -0.05) is 39.0 Å². The van der Waals surface area contributed by atoms with Crippen molar-refractivity contribution < 1.29 is 8.42 Å². The van der Waals surface area contributed by atoms with Gasteiger partial charge in [-0.2, -0.15) is 5.26 Å². The summed E-state index contributed by atoms with van der Waals surface area (Å²) < 4.78 is 23.9. The number of pyridine rings is 1. The summed E-state index contributed by atoms with van der Waals surface area (Å²) in [4.78, 5) is 4.17. The zero-order valence-electron chi connectivity index (χ0n) is 13.1. The fourth-order valence-corrected chi connectivity index (χ4v) is 2.88. The molecule has 0 aliphatic carbocycles. The average Bonchev–Trinajstić information content (AvgIpc) is 2.41. The summed E-state index contributed by atoms with van der Waals surface area (Å²) in [6.45, 7) is 6.80. The van der Waals surface area contributed by atoms with Crippen molar-refractivity contribution in [3.05, 3.63) is 29.8 Å². The smallest absolute Gasteiger partial charge is 0.194 e. The van der Waals surface area contributed by atoms with E-state index in [0.29, 0.717) is 17.7 Å². The minimum absolute atomic E-state index is 0.0116. The van der Waals surface area contributed by atoms with E-state index < -0.39 is 9.84 Å². The van der Waals surface area contributed by atoms with Crippen molar-refractivity contribution in [2.24, 2.45) is 5.41 Å². The van der Waals surface area contributed by atoms with Gasteiger partial charge in [0.05, 0.1) is 11.2 Å². The van der Waals surface area contributed by atoms with E-state index in [9.17, 15) is 13.7 Å². The molecule has 1 heterocycles. The number of para-hydroxylation sites is 1. The molecule has 5 nitrogen and oxygen atoms in total. The van der Waals surface area contributed by atoms with Crippen LogP contribution in [-0.2, 0) is 9.84 Å². The summed E-state index contributed by atoms with van der Waals surface area (Å²) >= 11 is 0. The maximum Gasteiger partial charge on any atom is 0.194 e. The van der Waals surface area contributed by atoms with Crippen LogP contribution in [-0.4, -0.2) is 26.2 Å². The first-order valence-electron chi connectivity index (χ1n) is 6.90. The van der Waals surface area contributed by atoms with Crippen molar-refractivity contribution in [1.82, 2.24) is 4.98 Å². The van der Waals surface area contributed by atoms with Crippen molar-refractivity contribution >= 4 is 26.4 Å². The highest BCUT2D eigenvalue weighted by atomic mass is 32.2. The van der Waals surface area contributed by atoms with Crippen LogP contribution in [0.15, 0.2) is 29.3 Å². The van der Waals surface area contributed by atoms with Gasteiger partial charge < -0.3 is 5.32 Å². The lowest BCUT2D eigenvalue weighted by molar-refractivity contribution is 0.443. The molecule has 0 bridgehead atoms. The normalized spacial score (nSPS) is 12.1. The van der Waals surface area contributed by atoms with Gasteiger partial charge in [0.2, 0.25) is 0 Å². The summed E-state index contributed by atoms with van der Waals surface area (Å²) in [5.74, 6) is 0. The van der Waals surface area contributed by atoms with Crippen LogP contribution >= 0.6 is 0 Å². The van der Waals surface area contributed by atoms with Crippen LogP contribution < -0.4 is 5.32 Å². The van der Waals surface area contributed by atoms with E-state index in [1.807, 2.05) is 18.2 Å². The van der Waals surface area contributed by atoms with Gasteiger partial charge in [-0.15, -0.1) is 0 Å². The van der Waals surface area contributed by atoms with E-state index in [2.05, 4.69) is 31.1 Å². The Morgan fingerprint density at radius 2 is 1.91 bits per heavy atom. The van der Waals surface area contributed by atoms with Gasteiger partial charge in [-0.05, 0) is 11.5 Å². The molecule has 1 aromatic heterocycles. The van der Waals surface area contributed by atoms with Crippen LogP contribution in [0.4, 0.5) is 5.69 Å². The lowest BCUT2D eigenvalue weighted by Crippen LogP contribution is -2.20. The zero-order chi connectivity index (χ0) is 16.5. The first-order valence-corrected chi connectivity index (χ1v) is 8.79. The summed E-state index contributed by atoms with van der Waals surface area (Å²) in [6, 6.07) is 9.21. The summed E-state index contributed by atoms with van der Waals surface area (Å²) in [6.07, 6.45) is 1.07. The molecule has 116 valence electrons. The van der Waals surface area contributed by atoms with E-state index in [0.717, 1.165) is 11.6 Å². The summed E-state index contributed by atoms with van der Waals surface area (Å²) in [5, 5.41) is 13.3. The second-order valence-electron chi connectivity index (χ2n) is 6.48. The van der Waals surface area contributed by atoms with Gasteiger partial charge in [-0.25, -0.2) is 13.4 Å². The number of hydrogen-bond donors (Lipinski definition) is 1. The van der Waals surface area contributed by atoms with E-state index >= 15 is 0 Å². The number of fused-ring (bicyclic) bond motifs is 1. The van der Waals surface area contributed by atoms with Gasteiger partial charge in [0.25, 0.3) is 0 Å². The van der Waals surface area contributed by atoms with Gasteiger partial charge in [0.1, 0.15) is 11.6 Å². The topological polar surface area (TPSA) is 82.9 Å². The van der Waals surface area contributed by atoms with Crippen molar-refractivity contribution in [2.45, 2.75) is 25.8 Å². The number of nitriles is 1. The fraction of sp³-hybridized carbons (Fsp3) is 0.375. The van der Waals surface area contributed by atoms with Gasteiger partial charge in [0, 0.05) is 18.2 Å². The molecular formula is C16H19N3O2S. The summed E-state index contributed by atoms with van der Waals surface area (Å²) in [5.41, 5.74) is 1.15. The van der Waals surface area contributed by atoms with Gasteiger partial charge >= 0.3 is 0 Å².